The lowest BCUT2D eigenvalue weighted by Gasteiger charge is -2.27. The van der Waals surface area contributed by atoms with Crippen LogP contribution in [0.5, 0.6) is 5.75 Å². The number of anilines is 1. The van der Waals surface area contributed by atoms with Crippen molar-refractivity contribution in [3.63, 3.8) is 0 Å². The van der Waals surface area contributed by atoms with Crippen LogP contribution in [0.1, 0.15) is 21.5 Å². The van der Waals surface area contributed by atoms with Gasteiger partial charge in [-0.15, -0.1) is 0 Å². The van der Waals surface area contributed by atoms with E-state index in [2.05, 4.69) is 31.8 Å². The number of rotatable bonds is 7. The minimum Gasteiger partial charge on any atom is -0.423 e. The largest absolute Gasteiger partial charge is 0.423 e. The Bertz CT molecular complexity index is 1450. The Balaban J connectivity index is 1.37. The molecule has 3 amide bonds. The van der Waals surface area contributed by atoms with Gasteiger partial charge in [0.15, 0.2) is 0 Å². The number of carbonyl (C=O) groups is 4. The molecule has 4 rings (SSSR count). The average Bonchev–Trinajstić information content (AvgIpc) is 2.98. The zero-order valence-corrected chi connectivity index (χ0v) is 22.8. The first-order valence-electron chi connectivity index (χ1n) is 12.3. The summed E-state index contributed by atoms with van der Waals surface area (Å²) in [5.74, 6) is -2.73. The molecule has 3 aromatic carbocycles. The Kier molecular flexibility index (Phi) is 9.92. The van der Waals surface area contributed by atoms with Crippen LogP contribution in [-0.2, 0) is 19.1 Å². The van der Waals surface area contributed by atoms with Crippen LogP contribution in [0.15, 0.2) is 88.4 Å². The minimum absolute atomic E-state index is 0.198. The van der Waals surface area contributed by atoms with Gasteiger partial charge in [0.1, 0.15) is 5.75 Å². The average molecular weight is 605 g/mol. The van der Waals surface area contributed by atoms with Crippen LogP contribution in [0, 0.1) is 0 Å². The van der Waals surface area contributed by atoms with Crippen LogP contribution in [0.25, 0.3) is 6.08 Å². The molecule has 0 bridgehead atoms. The number of morpholine rings is 1. The van der Waals surface area contributed by atoms with Crippen LogP contribution in [0.4, 0.5) is 5.69 Å². The van der Waals surface area contributed by atoms with E-state index in [1.165, 1.54) is 18.4 Å². The summed E-state index contributed by atoms with van der Waals surface area (Å²) in [6.07, 6.45) is 4.17. The van der Waals surface area contributed by atoms with Crippen molar-refractivity contribution in [2.75, 3.05) is 31.6 Å². The first kappa shape index (κ1) is 28.4. The number of hydrazone groups is 1. The van der Waals surface area contributed by atoms with Crippen molar-refractivity contribution in [1.29, 1.82) is 0 Å². The second-order valence-electron chi connectivity index (χ2n) is 8.45. The smallest absolute Gasteiger partial charge is 0.336 e. The third kappa shape index (κ3) is 7.95. The second kappa shape index (κ2) is 14.0. The monoisotopic (exact) mass is 604 g/mol. The van der Waals surface area contributed by atoms with Crippen molar-refractivity contribution in [1.82, 2.24) is 10.3 Å². The molecule has 204 valence electrons. The number of benzene rings is 3. The van der Waals surface area contributed by atoms with Gasteiger partial charge in [0, 0.05) is 29.2 Å². The van der Waals surface area contributed by atoms with E-state index in [1.54, 1.807) is 47.4 Å². The van der Waals surface area contributed by atoms with Crippen LogP contribution < -0.4 is 15.5 Å². The number of para-hydroxylation sites is 1. The van der Waals surface area contributed by atoms with Gasteiger partial charge < -0.3 is 19.7 Å². The lowest BCUT2D eigenvalue weighted by molar-refractivity contribution is -0.136. The second-order valence-corrected chi connectivity index (χ2v) is 9.37. The zero-order chi connectivity index (χ0) is 28.3. The number of ether oxygens (including phenoxy) is 2. The molecule has 1 aliphatic heterocycles. The quantitative estimate of drug-likeness (QED) is 0.106. The Labute approximate surface area is 238 Å². The Morgan fingerprint density at radius 1 is 0.925 bits per heavy atom. The van der Waals surface area contributed by atoms with Crippen molar-refractivity contribution in [3.8, 4) is 5.75 Å². The number of carbonyl (C=O) groups excluding carboxylic acids is 4. The zero-order valence-electron chi connectivity index (χ0n) is 21.2. The molecule has 0 spiro atoms. The molecule has 11 heteroatoms. The van der Waals surface area contributed by atoms with E-state index >= 15 is 0 Å². The highest BCUT2D eigenvalue weighted by Gasteiger charge is 2.23. The highest BCUT2D eigenvalue weighted by Crippen LogP contribution is 2.22. The molecular weight excluding hydrogens is 580 g/mol. The van der Waals surface area contributed by atoms with E-state index in [4.69, 9.17) is 9.47 Å². The summed E-state index contributed by atoms with van der Waals surface area (Å²) < 4.78 is 11.4. The number of hydrogen-bond donors (Lipinski definition) is 2. The topological polar surface area (TPSA) is 126 Å². The van der Waals surface area contributed by atoms with Crippen molar-refractivity contribution in [2.24, 2.45) is 5.10 Å². The van der Waals surface area contributed by atoms with Gasteiger partial charge in [-0.05, 0) is 42.0 Å². The van der Waals surface area contributed by atoms with E-state index in [0.717, 1.165) is 5.56 Å². The van der Waals surface area contributed by atoms with Gasteiger partial charge in [-0.3, -0.25) is 14.4 Å². The number of esters is 1. The standard InChI is InChI=1S/C29H25BrN4O6/c30-22-11-12-25(40-26(35)13-10-20-6-2-1-3-7-20)21(18-22)19-31-33-28(37)27(36)32-24-9-5-4-8-23(24)29(38)34-14-16-39-17-15-34/h1-13,18-19H,14-17H2,(H,32,36)(H,33,37)/b13-10+,31-19+. The molecule has 0 aliphatic carbocycles. The maximum atomic E-state index is 12.9. The first-order valence-corrected chi connectivity index (χ1v) is 13.0. The molecule has 0 radical (unpaired) electrons. The third-order valence-corrected chi connectivity index (χ3v) is 6.17. The number of halogens is 1. The molecule has 1 saturated heterocycles. The van der Waals surface area contributed by atoms with Crippen molar-refractivity contribution in [2.45, 2.75) is 0 Å². The van der Waals surface area contributed by atoms with E-state index in [-0.39, 0.29) is 22.9 Å². The van der Waals surface area contributed by atoms with Gasteiger partial charge in [0.05, 0.1) is 30.7 Å². The van der Waals surface area contributed by atoms with Crippen molar-refractivity contribution in [3.05, 3.63) is 100 Å². The molecule has 2 N–H and O–H groups in total. The summed E-state index contributed by atoms with van der Waals surface area (Å²) in [5, 5.41) is 6.30. The molecular formula is C29H25BrN4O6. The summed E-state index contributed by atoms with van der Waals surface area (Å²) in [6, 6.07) is 20.6. The summed E-state index contributed by atoms with van der Waals surface area (Å²) in [5.41, 5.74) is 3.82. The van der Waals surface area contributed by atoms with Gasteiger partial charge in [-0.2, -0.15) is 5.10 Å². The maximum absolute atomic E-state index is 12.9. The number of nitrogens with zero attached hydrogens (tertiary/aromatic N) is 2. The molecule has 10 nitrogen and oxygen atoms in total. The molecule has 0 aromatic heterocycles. The lowest BCUT2D eigenvalue weighted by atomic mass is 10.1. The molecule has 3 aromatic rings. The van der Waals surface area contributed by atoms with Gasteiger partial charge in [0.2, 0.25) is 0 Å². The minimum atomic E-state index is -1.05. The fraction of sp³-hybridized carbons (Fsp3) is 0.138. The van der Waals surface area contributed by atoms with Crippen LogP contribution in [0.3, 0.4) is 0 Å². The third-order valence-electron chi connectivity index (χ3n) is 5.67. The predicted octanol–water partition coefficient (Wildman–Crippen LogP) is 3.63. The predicted molar refractivity (Wildman–Crippen MR) is 153 cm³/mol. The van der Waals surface area contributed by atoms with Gasteiger partial charge in [-0.25, -0.2) is 10.2 Å². The van der Waals surface area contributed by atoms with Crippen molar-refractivity contribution < 1.29 is 28.7 Å². The molecule has 0 saturated carbocycles. The van der Waals surface area contributed by atoms with E-state index in [0.29, 0.717) is 36.3 Å². The van der Waals surface area contributed by atoms with Crippen LogP contribution in [0.2, 0.25) is 0 Å². The Hall–Kier alpha value is -4.61. The Morgan fingerprint density at radius 3 is 2.42 bits per heavy atom. The van der Waals surface area contributed by atoms with Crippen LogP contribution >= 0.6 is 15.9 Å². The summed E-state index contributed by atoms with van der Waals surface area (Å²) in [4.78, 5) is 51.8. The van der Waals surface area contributed by atoms with Gasteiger partial charge in [0.25, 0.3) is 5.91 Å². The Morgan fingerprint density at radius 2 is 1.65 bits per heavy atom. The van der Waals surface area contributed by atoms with E-state index < -0.39 is 17.8 Å². The van der Waals surface area contributed by atoms with Gasteiger partial charge >= 0.3 is 17.8 Å². The normalized spacial score (nSPS) is 13.3. The highest BCUT2D eigenvalue weighted by molar-refractivity contribution is 9.10. The summed E-state index contributed by atoms with van der Waals surface area (Å²) in [7, 11) is 0. The lowest BCUT2D eigenvalue weighted by Crippen LogP contribution is -2.41. The fourth-order valence-electron chi connectivity index (χ4n) is 3.69. The van der Waals surface area contributed by atoms with Crippen molar-refractivity contribution >= 4 is 57.6 Å². The molecule has 1 heterocycles. The number of amides is 3. The molecule has 0 unspecified atom stereocenters. The highest BCUT2D eigenvalue weighted by atomic mass is 79.9. The van der Waals surface area contributed by atoms with E-state index in [9.17, 15) is 19.2 Å². The SMILES string of the molecule is O=C(/C=C/c1ccccc1)Oc1ccc(Br)cc1/C=N/NC(=O)C(=O)Nc1ccccc1C(=O)N1CCOCC1. The van der Waals surface area contributed by atoms with Crippen LogP contribution in [-0.4, -0.2) is 61.1 Å². The number of nitrogens with one attached hydrogen (secondary N) is 2. The number of hydrogen-bond acceptors (Lipinski definition) is 7. The molecule has 1 aliphatic rings. The van der Waals surface area contributed by atoms with E-state index in [1.807, 2.05) is 30.3 Å². The first-order chi connectivity index (χ1) is 19.4. The molecule has 0 atom stereocenters. The molecule has 40 heavy (non-hydrogen) atoms. The summed E-state index contributed by atoms with van der Waals surface area (Å²) >= 11 is 3.35. The summed E-state index contributed by atoms with van der Waals surface area (Å²) in [6.45, 7) is 1.74. The molecule has 1 fully saturated rings. The maximum Gasteiger partial charge on any atom is 0.336 e. The van der Waals surface area contributed by atoms with Gasteiger partial charge in [-0.1, -0.05) is 58.4 Å². The fourth-order valence-corrected chi connectivity index (χ4v) is 4.07.